The summed E-state index contributed by atoms with van der Waals surface area (Å²) in [5.41, 5.74) is 0.950. The lowest BCUT2D eigenvalue weighted by Crippen LogP contribution is -2.55. The van der Waals surface area contributed by atoms with E-state index in [0.29, 0.717) is 4.47 Å². The Morgan fingerprint density at radius 1 is 1.48 bits per heavy atom. The third-order valence-electron chi connectivity index (χ3n) is 3.30. The minimum Gasteiger partial charge on any atom is -0.378 e. The highest BCUT2D eigenvalue weighted by atomic mass is 79.9. The highest BCUT2D eigenvalue weighted by molar-refractivity contribution is 9.10. The number of amides is 1. The van der Waals surface area contributed by atoms with Gasteiger partial charge in [0, 0.05) is 18.1 Å². The average molecular weight is 377 g/mol. The van der Waals surface area contributed by atoms with Crippen molar-refractivity contribution in [3.8, 4) is 0 Å². The third-order valence-corrected chi connectivity index (χ3v) is 6.19. The minimum atomic E-state index is -3.77. The highest BCUT2D eigenvalue weighted by Gasteiger charge is 2.38. The maximum absolute atomic E-state index is 12.8. The molecule has 6 nitrogen and oxygen atoms in total. The molecular weight excluding hydrogens is 360 g/mol. The van der Waals surface area contributed by atoms with Crippen LogP contribution in [-0.4, -0.2) is 51.5 Å². The van der Waals surface area contributed by atoms with Crippen molar-refractivity contribution in [2.24, 2.45) is 0 Å². The molecule has 1 saturated heterocycles. The molecule has 0 aromatic heterocycles. The van der Waals surface area contributed by atoms with Gasteiger partial charge in [-0.2, -0.15) is 4.31 Å². The van der Waals surface area contributed by atoms with Crippen LogP contribution >= 0.6 is 15.9 Å². The van der Waals surface area contributed by atoms with E-state index in [1.165, 1.54) is 11.4 Å². The molecule has 0 aliphatic carbocycles. The number of aryl methyl sites for hydroxylation is 1. The molecule has 0 radical (unpaired) electrons. The molecule has 8 heteroatoms. The fraction of sp³-hybridized carbons (Fsp3) is 0.462. The van der Waals surface area contributed by atoms with E-state index in [4.69, 9.17) is 4.74 Å². The fourth-order valence-electron chi connectivity index (χ4n) is 2.19. The summed E-state index contributed by atoms with van der Waals surface area (Å²) in [6.07, 6.45) is 0. The van der Waals surface area contributed by atoms with Gasteiger partial charge in [0.1, 0.15) is 6.04 Å². The number of sulfonamides is 1. The number of carbonyl (C=O) groups is 1. The SMILES string of the molecule is CNC(=O)C1COCCN1S(=O)(=O)c1ccc(C)cc1Br. The number of nitrogens with one attached hydrogen (secondary N) is 1. The average Bonchev–Trinajstić information content (AvgIpc) is 2.46. The molecule has 1 aromatic carbocycles. The summed E-state index contributed by atoms with van der Waals surface area (Å²) in [6.45, 7) is 2.36. The van der Waals surface area contributed by atoms with Gasteiger partial charge in [0.25, 0.3) is 0 Å². The predicted octanol–water partition coefficient (Wildman–Crippen LogP) is 0.893. The summed E-state index contributed by atoms with van der Waals surface area (Å²) < 4.78 is 32.5. The zero-order chi connectivity index (χ0) is 15.6. The molecule has 1 heterocycles. The van der Waals surface area contributed by atoms with E-state index < -0.39 is 16.1 Å². The number of rotatable bonds is 3. The van der Waals surface area contributed by atoms with E-state index in [1.54, 1.807) is 18.2 Å². The number of morpholine rings is 1. The van der Waals surface area contributed by atoms with Crippen molar-refractivity contribution < 1.29 is 17.9 Å². The lowest BCUT2D eigenvalue weighted by Gasteiger charge is -2.33. The second-order valence-corrected chi connectivity index (χ2v) is 7.47. The van der Waals surface area contributed by atoms with Crippen LogP contribution < -0.4 is 5.32 Å². The number of nitrogens with zero attached hydrogens (tertiary/aromatic N) is 1. The molecule has 1 amide bonds. The first kappa shape index (κ1) is 16.4. The molecule has 21 heavy (non-hydrogen) atoms. The Hall–Kier alpha value is -0.960. The van der Waals surface area contributed by atoms with Gasteiger partial charge in [0.05, 0.1) is 18.1 Å². The van der Waals surface area contributed by atoms with E-state index in [2.05, 4.69) is 21.2 Å². The third kappa shape index (κ3) is 3.28. The first-order valence-electron chi connectivity index (χ1n) is 6.45. The van der Waals surface area contributed by atoms with Crippen molar-refractivity contribution in [3.63, 3.8) is 0 Å². The lowest BCUT2D eigenvalue weighted by molar-refractivity contribution is -0.128. The van der Waals surface area contributed by atoms with Crippen molar-refractivity contribution in [3.05, 3.63) is 28.2 Å². The second-order valence-electron chi connectivity index (χ2n) is 4.75. The van der Waals surface area contributed by atoms with Crippen LogP contribution in [0, 0.1) is 6.92 Å². The van der Waals surface area contributed by atoms with Crippen molar-refractivity contribution in [2.75, 3.05) is 26.8 Å². The first-order valence-corrected chi connectivity index (χ1v) is 8.68. The van der Waals surface area contributed by atoms with Crippen LogP contribution in [0.2, 0.25) is 0 Å². The molecule has 1 atom stereocenters. The van der Waals surface area contributed by atoms with Crippen LogP contribution in [0.15, 0.2) is 27.6 Å². The Kier molecular flexibility index (Phi) is 5.03. The number of likely N-dealkylation sites (N-methyl/N-ethyl adjacent to an activating group) is 1. The van der Waals surface area contributed by atoms with Crippen molar-refractivity contribution in [1.29, 1.82) is 0 Å². The zero-order valence-electron chi connectivity index (χ0n) is 11.8. The highest BCUT2D eigenvalue weighted by Crippen LogP contribution is 2.28. The van der Waals surface area contributed by atoms with Gasteiger partial charge in [0.15, 0.2) is 0 Å². The number of hydrogen-bond acceptors (Lipinski definition) is 4. The smallest absolute Gasteiger partial charge is 0.245 e. The van der Waals surface area contributed by atoms with Gasteiger partial charge in [-0.05, 0) is 40.5 Å². The van der Waals surface area contributed by atoms with Crippen LogP contribution in [0.4, 0.5) is 0 Å². The van der Waals surface area contributed by atoms with Gasteiger partial charge in [0.2, 0.25) is 15.9 Å². The fourth-order valence-corrected chi connectivity index (χ4v) is 4.90. The Morgan fingerprint density at radius 3 is 2.81 bits per heavy atom. The van der Waals surface area contributed by atoms with Crippen LogP contribution in [0.1, 0.15) is 5.56 Å². The summed E-state index contributed by atoms with van der Waals surface area (Å²) in [7, 11) is -2.29. The molecule has 1 N–H and O–H groups in total. The zero-order valence-corrected chi connectivity index (χ0v) is 14.2. The molecule has 0 spiro atoms. The molecule has 0 saturated carbocycles. The number of ether oxygens (including phenoxy) is 1. The van der Waals surface area contributed by atoms with Crippen molar-refractivity contribution in [1.82, 2.24) is 9.62 Å². The minimum absolute atomic E-state index is 0.0579. The molecular formula is C13H17BrN2O4S. The van der Waals surface area contributed by atoms with Crippen LogP contribution in [0.5, 0.6) is 0 Å². The van der Waals surface area contributed by atoms with Gasteiger partial charge in [-0.25, -0.2) is 8.42 Å². The molecule has 1 fully saturated rings. The second kappa shape index (κ2) is 6.43. The van der Waals surface area contributed by atoms with E-state index in [9.17, 15) is 13.2 Å². The van der Waals surface area contributed by atoms with Gasteiger partial charge >= 0.3 is 0 Å². The molecule has 0 bridgehead atoms. The van der Waals surface area contributed by atoms with Crippen LogP contribution in [0.25, 0.3) is 0 Å². The molecule has 1 aliphatic rings. The first-order chi connectivity index (χ1) is 9.87. The van der Waals surface area contributed by atoms with Crippen LogP contribution in [0.3, 0.4) is 0 Å². The van der Waals surface area contributed by atoms with E-state index in [-0.39, 0.29) is 30.6 Å². The Labute approximate surface area is 132 Å². The summed E-state index contributed by atoms with van der Waals surface area (Å²) in [6, 6.07) is 4.17. The summed E-state index contributed by atoms with van der Waals surface area (Å²) in [5.74, 6) is -0.374. The Bertz CT molecular complexity index is 648. The van der Waals surface area contributed by atoms with Gasteiger partial charge in [-0.15, -0.1) is 0 Å². The monoisotopic (exact) mass is 376 g/mol. The normalized spacial score (nSPS) is 20.2. The van der Waals surface area contributed by atoms with Crippen molar-refractivity contribution in [2.45, 2.75) is 17.9 Å². The number of hydrogen-bond donors (Lipinski definition) is 1. The predicted molar refractivity (Wildman–Crippen MR) is 81.4 cm³/mol. The summed E-state index contributed by atoms with van der Waals surface area (Å²) in [4.78, 5) is 12.0. The standard InChI is InChI=1S/C13H17BrN2O4S/c1-9-3-4-12(10(14)7-9)21(18,19)16-5-6-20-8-11(16)13(17)15-2/h3-4,7,11H,5-6,8H2,1-2H3,(H,15,17). The lowest BCUT2D eigenvalue weighted by atomic mass is 10.2. The summed E-state index contributed by atoms with van der Waals surface area (Å²) in [5, 5.41) is 2.48. The molecule has 1 aromatic rings. The van der Waals surface area contributed by atoms with Crippen molar-refractivity contribution >= 4 is 31.9 Å². The number of carbonyl (C=O) groups excluding carboxylic acids is 1. The molecule has 2 rings (SSSR count). The largest absolute Gasteiger partial charge is 0.378 e. The topological polar surface area (TPSA) is 75.7 Å². The molecule has 1 aliphatic heterocycles. The maximum atomic E-state index is 12.8. The maximum Gasteiger partial charge on any atom is 0.245 e. The molecule has 116 valence electrons. The van der Waals surface area contributed by atoms with E-state index >= 15 is 0 Å². The van der Waals surface area contributed by atoms with Crippen LogP contribution in [-0.2, 0) is 19.6 Å². The van der Waals surface area contributed by atoms with Gasteiger partial charge < -0.3 is 10.1 Å². The summed E-state index contributed by atoms with van der Waals surface area (Å²) >= 11 is 3.29. The Morgan fingerprint density at radius 2 is 2.19 bits per heavy atom. The Balaban J connectivity index is 2.43. The van der Waals surface area contributed by atoms with Gasteiger partial charge in [-0.3, -0.25) is 4.79 Å². The number of halogens is 1. The van der Waals surface area contributed by atoms with E-state index in [0.717, 1.165) is 5.56 Å². The molecule has 1 unspecified atom stereocenters. The van der Waals surface area contributed by atoms with Gasteiger partial charge in [-0.1, -0.05) is 6.07 Å². The van der Waals surface area contributed by atoms with E-state index in [1.807, 2.05) is 6.92 Å². The quantitative estimate of drug-likeness (QED) is 0.849. The number of benzene rings is 1.